The maximum Gasteiger partial charge on any atom is 0.0485 e. The van der Waals surface area contributed by atoms with Crippen molar-refractivity contribution in [1.29, 1.82) is 0 Å². The molecule has 0 aliphatic heterocycles. The molecule has 1 heterocycles. The van der Waals surface area contributed by atoms with Gasteiger partial charge in [-0.05, 0) is 37.0 Å². The number of hydrogen-bond donors (Lipinski definition) is 1. The van der Waals surface area contributed by atoms with Gasteiger partial charge in [0.2, 0.25) is 0 Å². The Morgan fingerprint density at radius 1 is 1.22 bits per heavy atom. The van der Waals surface area contributed by atoms with E-state index in [0.29, 0.717) is 5.92 Å². The number of hydrogen-bond acceptors (Lipinski definition) is 2. The number of fused-ring (bicyclic) bond motifs is 1. The van der Waals surface area contributed by atoms with Crippen molar-refractivity contribution in [2.45, 2.75) is 31.7 Å². The van der Waals surface area contributed by atoms with E-state index in [1.54, 1.807) is 0 Å². The Kier molecular flexibility index (Phi) is 2.88. The first-order valence-corrected chi connectivity index (χ1v) is 6.51. The molecule has 0 spiro atoms. The Labute approximate surface area is 108 Å². The van der Waals surface area contributed by atoms with Gasteiger partial charge >= 0.3 is 0 Å². The monoisotopic (exact) mass is 238 g/mol. The zero-order chi connectivity index (χ0) is 12.5. The molecule has 18 heavy (non-hydrogen) atoms. The SMILES string of the molecule is Cc1ccc(C(N)C2CCc3cccnc32)cc1. The number of nitrogens with two attached hydrogens (primary N) is 1. The summed E-state index contributed by atoms with van der Waals surface area (Å²) in [4.78, 5) is 4.52. The molecule has 0 saturated heterocycles. The topological polar surface area (TPSA) is 38.9 Å². The summed E-state index contributed by atoms with van der Waals surface area (Å²) in [6.45, 7) is 2.10. The lowest BCUT2D eigenvalue weighted by Crippen LogP contribution is -2.18. The molecule has 1 aliphatic rings. The lowest BCUT2D eigenvalue weighted by atomic mass is 9.91. The highest BCUT2D eigenvalue weighted by atomic mass is 14.8. The number of aryl methyl sites for hydroxylation is 2. The minimum atomic E-state index is 0.0572. The minimum absolute atomic E-state index is 0.0572. The Morgan fingerprint density at radius 2 is 2.00 bits per heavy atom. The Balaban J connectivity index is 1.90. The maximum absolute atomic E-state index is 6.43. The third kappa shape index (κ3) is 1.93. The van der Waals surface area contributed by atoms with Crippen LogP contribution in [-0.2, 0) is 6.42 Å². The summed E-state index contributed by atoms with van der Waals surface area (Å²) in [7, 11) is 0. The molecule has 2 heteroatoms. The number of nitrogens with zero attached hydrogens (tertiary/aromatic N) is 1. The van der Waals surface area contributed by atoms with Crippen molar-refractivity contribution in [3.63, 3.8) is 0 Å². The van der Waals surface area contributed by atoms with Crippen molar-refractivity contribution in [2.75, 3.05) is 0 Å². The second-order valence-corrected chi connectivity index (χ2v) is 5.13. The van der Waals surface area contributed by atoms with Gasteiger partial charge in [-0.3, -0.25) is 4.98 Å². The van der Waals surface area contributed by atoms with E-state index in [1.165, 1.54) is 22.4 Å². The first kappa shape index (κ1) is 11.4. The van der Waals surface area contributed by atoms with E-state index < -0.39 is 0 Å². The molecule has 0 saturated carbocycles. The molecule has 1 aromatic carbocycles. The first-order chi connectivity index (χ1) is 8.75. The lowest BCUT2D eigenvalue weighted by Gasteiger charge is -2.20. The van der Waals surface area contributed by atoms with Gasteiger partial charge in [0, 0.05) is 23.9 Å². The average molecular weight is 238 g/mol. The summed E-state index contributed by atoms with van der Waals surface area (Å²) in [5, 5.41) is 0. The fourth-order valence-electron chi connectivity index (χ4n) is 2.81. The molecule has 2 aromatic rings. The quantitative estimate of drug-likeness (QED) is 0.873. The molecule has 2 atom stereocenters. The summed E-state index contributed by atoms with van der Waals surface area (Å²) in [6.07, 6.45) is 4.09. The highest BCUT2D eigenvalue weighted by Gasteiger charge is 2.29. The van der Waals surface area contributed by atoms with Gasteiger partial charge in [0.1, 0.15) is 0 Å². The standard InChI is InChI=1S/C16H18N2/c1-11-4-6-12(7-5-11)15(17)14-9-8-13-3-2-10-18-16(13)14/h2-7,10,14-15H,8-9,17H2,1H3. The predicted molar refractivity (Wildman–Crippen MR) is 73.4 cm³/mol. The first-order valence-electron chi connectivity index (χ1n) is 6.51. The van der Waals surface area contributed by atoms with Crippen molar-refractivity contribution in [3.8, 4) is 0 Å². The van der Waals surface area contributed by atoms with Crippen LogP contribution >= 0.6 is 0 Å². The molecule has 1 aliphatic carbocycles. The molecule has 0 amide bonds. The minimum Gasteiger partial charge on any atom is -0.323 e. The largest absolute Gasteiger partial charge is 0.323 e. The molecule has 1 aromatic heterocycles. The summed E-state index contributed by atoms with van der Waals surface area (Å²) < 4.78 is 0. The van der Waals surface area contributed by atoms with Crippen molar-refractivity contribution in [3.05, 3.63) is 65.0 Å². The van der Waals surface area contributed by atoms with Gasteiger partial charge in [-0.15, -0.1) is 0 Å². The van der Waals surface area contributed by atoms with Gasteiger partial charge in [-0.1, -0.05) is 35.9 Å². The number of pyridine rings is 1. The fraction of sp³-hybridized carbons (Fsp3) is 0.312. The van der Waals surface area contributed by atoms with E-state index in [-0.39, 0.29) is 6.04 Å². The zero-order valence-corrected chi connectivity index (χ0v) is 10.6. The molecular weight excluding hydrogens is 220 g/mol. The van der Waals surface area contributed by atoms with Gasteiger partial charge in [-0.2, -0.15) is 0 Å². The molecule has 0 bridgehead atoms. The van der Waals surface area contributed by atoms with Crippen molar-refractivity contribution >= 4 is 0 Å². The second kappa shape index (κ2) is 4.54. The van der Waals surface area contributed by atoms with E-state index in [0.717, 1.165) is 12.8 Å². The van der Waals surface area contributed by atoms with Crippen LogP contribution in [0.25, 0.3) is 0 Å². The van der Waals surface area contributed by atoms with Crippen LogP contribution in [0, 0.1) is 6.92 Å². The van der Waals surface area contributed by atoms with Crippen LogP contribution in [0.2, 0.25) is 0 Å². The van der Waals surface area contributed by atoms with Crippen LogP contribution < -0.4 is 5.73 Å². The van der Waals surface area contributed by atoms with E-state index in [4.69, 9.17) is 5.73 Å². The van der Waals surface area contributed by atoms with Crippen LogP contribution in [0.4, 0.5) is 0 Å². The van der Waals surface area contributed by atoms with E-state index in [1.807, 2.05) is 12.3 Å². The van der Waals surface area contributed by atoms with Gasteiger partial charge < -0.3 is 5.73 Å². The molecule has 0 fully saturated rings. The third-order valence-corrected chi connectivity index (χ3v) is 3.90. The van der Waals surface area contributed by atoms with E-state index in [9.17, 15) is 0 Å². The maximum atomic E-state index is 6.43. The third-order valence-electron chi connectivity index (χ3n) is 3.90. The van der Waals surface area contributed by atoms with Crippen molar-refractivity contribution in [2.24, 2.45) is 5.73 Å². The highest BCUT2D eigenvalue weighted by molar-refractivity contribution is 5.34. The Bertz CT molecular complexity index is 545. The molecule has 2 nitrogen and oxygen atoms in total. The Hall–Kier alpha value is -1.67. The molecule has 2 N–H and O–H groups in total. The molecule has 92 valence electrons. The van der Waals surface area contributed by atoms with Gasteiger partial charge in [0.15, 0.2) is 0 Å². The van der Waals surface area contributed by atoms with Gasteiger partial charge in [-0.25, -0.2) is 0 Å². The van der Waals surface area contributed by atoms with Crippen molar-refractivity contribution < 1.29 is 0 Å². The second-order valence-electron chi connectivity index (χ2n) is 5.13. The molecule has 3 rings (SSSR count). The van der Waals surface area contributed by atoms with Gasteiger partial charge in [0.05, 0.1) is 0 Å². The molecular formula is C16H18N2. The number of rotatable bonds is 2. The fourth-order valence-corrected chi connectivity index (χ4v) is 2.81. The van der Waals surface area contributed by atoms with E-state index >= 15 is 0 Å². The summed E-state index contributed by atoms with van der Waals surface area (Å²) in [6, 6.07) is 12.8. The average Bonchev–Trinajstić information content (AvgIpc) is 2.82. The van der Waals surface area contributed by atoms with Crippen LogP contribution in [-0.4, -0.2) is 4.98 Å². The normalized spacial score (nSPS) is 19.6. The summed E-state index contributed by atoms with van der Waals surface area (Å²) >= 11 is 0. The van der Waals surface area contributed by atoms with Crippen LogP contribution in [0.3, 0.4) is 0 Å². The van der Waals surface area contributed by atoms with E-state index in [2.05, 4.69) is 42.2 Å². The number of benzene rings is 1. The highest BCUT2D eigenvalue weighted by Crippen LogP contribution is 2.38. The summed E-state index contributed by atoms with van der Waals surface area (Å²) in [5.41, 5.74) is 11.5. The van der Waals surface area contributed by atoms with Gasteiger partial charge in [0.25, 0.3) is 0 Å². The lowest BCUT2D eigenvalue weighted by molar-refractivity contribution is 0.541. The predicted octanol–water partition coefficient (Wildman–Crippen LogP) is 3.12. The number of aromatic nitrogens is 1. The Morgan fingerprint density at radius 3 is 2.78 bits per heavy atom. The van der Waals surface area contributed by atoms with Crippen molar-refractivity contribution in [1.82, 2.24) is 4.98 Å². The molecule has 2 unspecified atom stereocenters. The van der Waals surface area contributed by atoms with Crippen LogP contribution in [0.1, 0.15) is 40.8 Å². The van der Waals surface area contributed by atoms with Crippen LogP contribution in [0.15, 0.2) is 42.6 Å². The molecule has 0 radical (unpaired) electrons. The van der Waals surface area contributed by atoms with Crippen LogP contribution in [0.5, 0.6) is 0 Å². The smallest absolute Gasteiger partial charge is 0.0485 e. The zero-order valence-electron chi connectivity index (χ0n) is 10.6. The summed E-state index contributed by atoms with van der Waals surface area (Å²) in [5.74, 6) is 0.365.